The Labute approximate surface area is 234 Å². The van der Waals surface area contributed by atoms with E-state index in [-0.39, 0.29) is 29.6 Å². The molecule has 0 aliphatic carbocycles. The van der Waals surface area contributed by atoms with Gasteiger partial charge >= 0.3 is 5.97 Å². The highest BCUT2D eigenvalue weighted by Gasteiger charge is 2.29. The smallest absolute Gasteiger partial charge is 0.304 e. The fraction of sp³-hybridized carbons (Fsp3) is 0.233. The van der Waals surface area contributed by atoms with Crippen LogP contribution in [0.3, 0.4) is 0 Å². The number of carbonyl (C=O) groups excluding carboxylic acids is 2. The third-order valence-electron chi connectivity index (χ3n) is 6.88. The minimum atomic E-state index is -1.09. The van der Waals surface area contributed by atoms with Crippen LogP contribution in [0.1, 0.15) is 24.8 Å². The van der Waals surface area contributed by atoms with Crippen LogP contribution in [0.15, 0.2) is 72.9 Å². The van der Waals surface area contributed by atoms with Crippen LogP contribution in [0, 0.1) is 11.0 Å². The number of halogens is 1. The van der Waals surface area contributed by atoms with Crippen molar-refractivity contribution >= 4 is 40.1 Å². The molecule has 5 rings (SSSR count). The molecule has 0 unspecified atom stereocenters. The average molecular weight is 559 g/mol. The van der Waals surface area contributed by atoms with Gasteiger partial charge in [0.25, 0.3) is 0 Å². The summed E-state index contributed by atoms with van der Waals surface area (Å²) in [7, 11) is 1.48. The molecule has 1 aliphatic heterocycles. The maximum Gasteiger partial charge on any atom is 0.304 e. The number of hydrogen-bond donors (Lipinski definition) is 1. The van der Waals surface area contributed by atoms with Crippen molar-refractivity contribution in [2.45, 2.75) is 25.7 Å². The number of hydrogen-bond acceptors (Lipinski definition) is 6. The van der Waals surface area contributed by atoms with Gasteiger partial charge in [-0.2, -0.15) is 4.39 Å². The molecule has 2 aromatic heterocycles. The van der Waals surface area contributed by atoms with Gasteiger partial charge in [0.2, 0.25) is 16.9 Å². The van der Waals surface area contributed by atoms with Crippen molar-refractivity contribution < 1.29 is 23.9 Å². The van der Waals surface area contributed by atoms with Gasteiger partial charge < -0.3 is 5.11 Å². The maximum atomic E-state index is 15.3. The summed E-state index contributed by atoms with van der Waals surface area (Å²) in [5, 5.41) is 9.00. The van der Waals surface area contributed by atoms with Gasteiger partial charge in [-0.1, -0.05) is 65.9 Å². The van der Waals surface area contributed by atoms with Gasteiger partial charge in [-0.05, 0) is 36.1 Å². The van der Waals surface area contributed by atoms with E-state index >= 15 is 4.39 Å². The van der Waals surface area contributed by atoms with Crippen LogP contribution in [0.2, 0.25) is 0 Å². The molecule has 204 valence electrons. The van der Waals surface area contributed by atoms with Crippen molar-refractivity contribution in [3.63, 3.8) is 0 Å². The number of carboxylic acids is 1. The molecule has 2 aromatic carbocycles. The quantitative estimate of drug-likeness (QED) is 0.294. The summed E-state index contributed by atoms with van der Waals surface area (Å²) in [5.74, 6) is -1.74. The molecule has 40 heavy (non-hydrogen) atoms. The van der Waals surface area contributed by atoms with E-state index in [0.717, 1.165) is 28.9 Å². The second kappa shape index (κ2) is 11.7. The van der Waals surface area contributed by atoms with Crippen LogP contribution < -0.4 is 9.80 Å². The zero-order valence-electron chi connectivity index (χ0n) is 21.8. The zero-order chi connectivity index (χ0) is 28.2. The Hall–Kier alpha value is -4.44. The first kappa shape index (κ1) is 27.1. The minimum Gasteiger partial charge on any atom is -0.481 e. The first-order valence-corrected chi connectivity index (χ1v) is 13.7. The lowest BCUT2D eigenvalue weighted by Crippen LogP contribution is -2.35. The van der Waals surface area contributed by atoms with E-state index < -0.39 is 22.9 Å². The SMILES string of the molecule is CN(C(=O)[C@@H](CC(=O)O)Cc1ccccc1)c1nc(-c2ccccc2-c2ccc(N3CCCC3=O)nc2)c(F)s1. The Morgan fingerprint density at radius 2 is 1.80 bits per heavy atom. The molecule has 10 heteroatoms. The maximum absolute atomic E-state index is 15.3. The Bertz CT molecular complexity index is 1540. The Morgan fingerprint density at radius 1 is 1.07 bits per heavy atom. The molecule has 0 spiro atoms. The number of rotatable bonds is 9. The predicted molar refractivity (Wildman–Crippen MR) is 152 cm³/mol. The van der Waals surface area contributed by atoms with Gasteiger partial charge in [0, 0.05) is 37.3 Å². The molecular weight excluding hydrogens is 531 g/mol. The first-order chi connectivity index (χ1) is 19.3. The monoisotopic (exact) mass is 558 g/mol. The van der Waals surface area contributed by atoms with Gasteiger partial charge in [0.1, 0.15) is 11.5 Å². The number of carbonyl (C=O) groups is 3. The van der Waals surface area contributed by atoms with Gasteiger partial charge in [0.15, 0.2) is 5.13 Å². The van der Waals surface area contributed by atoms with Crippen molar-refractivity contribution in [2.75, 3.05) is 23.4 Å². The number of thiazole rings is 1. The standard InChI is InChI=1S/C30H27FN4O4S/c1-34(29(39)21(17-26(37)38)16-19-8-3-2-4-9-19)30-33-27(28(31)40-30)23-11-6-5-10-22(23)20-13-14-24(32-18-20)35-15-7-12-25(35)36/h2-6,8-11,13-14,18,21H,7,12,15-17H2,1H3,(H,37,38)/t21-/m1/s1. The Morgan fingerprint density at radius 3 is 2.45 bits per heavy atom. The van der Waals surface area contributed by atoms with Gasteiger partial charge in [0.05, 0.1) is 12.3 Å². The number of benzene rings is 2. The van der Waals surface area contributed by atoms with Crippen LogP contribution in [-0.4, -0.2) is 46.5 Å². The summed E-state index contributed by atoms with van der Waals surface area (Å²) in [4.78, 5) is 48.8. The molecule has 1 fully saturated rings. The molecule has 1 atom stereocenters. The molecule has 0 saturated carbocycles. The average Bonchev–Trinajstić information content (AvgIpc) is 3.57. The summed E-state index contributed by atoms with van der Waals surface area (Å²) in [6.07, 6.45) is 2.86. The lowest BCUT2D eigenvalue weighted by Gasteiger charge is -2.21. The van der Waals surface area contributed by atoms with Crippen LogP contribution in [-0.2, 0) is 20.8 Å². The predicted octanol–water partition coefficient (Wildman–Crippen LogP) is 5.43. The minimum absolute atomic E-state index is 0.0470. The van der Waals surface area contributed by atoms with E-state index in [0.29, 0.717) is 29.9 Å². The van der Waals surface area contributed by atoms with Gasteiger partial charge in [-0.3, -0.25) is 24.2 Å². The molecule has 3 heterocycles. The normalized spacial score (nSPS) is 13.8. The molecule has 0 bridgehead atoms. The number of carboxylic acid groups (broad SMARTS) is 1. The summed E-state index contributed by atoms with van der Waals surface area (Å²) >= 11 is 0.732. The molecule has 2 amide bonds. The van der Waals surface area contributed by atoms with Crippen molar-refractivity contribution in [1.82, 2.24) is 9.97 Å². The largest absolute Gasteiger partial charge is 0.481 e. The van der Waals surface area contributed by atoms with Crippen molar-refractivity contribution in [3.8, 4) is 22.4 Å². The van der Waals surface area contributed by atoms with Crippen LogP contribution in [0.5, 0.6) is 0 Å². The topological polar surface area (TPSA) is 104 Å². The first-order valence-electron chi connectivity index (χ1n) is 12.9. The summed E-state index contributed by atoms with van der Waals surface area (Å²) in [6.45, 7) is 0.638. The van der Waals surface area contributed by atoms with Gasteiger partial charge in [-0.25, -0.2) is 9.97 Å². The molecular formula is C30H27FN4O4S. The fourth-order valence-corrected chi connectivity index (χ4v) is 5.64. The summed E-state index contributed by atoms with van der Waals surface area (Å²) in [5.41, 5.74) is 2.89. The number of nitrogens with zero attached hydrogens (tertiary/aromatic N) is 4. The Balaban J connectivity index is 1.41. The highest BCUT2D eigenvalue weighted by atomic mass is 32.1. The van der Waals surface area contributed by atoms with Crippen LogP contribution in [0.25, 0.3) is 22.4 Å². The van der Waals surface area contributed by atoms with Gasteiger partial charge in [-0.15, -0.1) is 0 Å². The lowest BCUT2D eigenvalue weighted by atomic mass is 9.95. The van der Waals surface area contributed by atoms with E-state index in [1.165, 1.54) is 11.9 Å². The number of aromatic nitrogens is 2. The molecule has 1 N–H and O–H groups in total. The van der Waals surface area contributed by atoms with Crippen molar-refractivity contribution in [2.24, 2.45) is 5.92 Å². The van der Waals surface area contributed by atoms with E-state index in [1.54, 1.807) is 29.3 Å². The molecule has 1 aliphatic rings. The number of aliphatic carboxylic acids is 1. The van der Waals surface area contributed by atoms with Crippen molar-refractivity contribution in [3.05, 3.63) is 83.6 Å². The highest BCUT2D eigenvalue weighted by Crippen LogP contribution is 2.37. The molecule has 4 aromatic rings. The fourth-order valence-electron chi connectivity index (χ4n) is 4.86. The number of pyridine rings is 1. The second-order valence-electron chi connectivity index (χ2n) is 9.60. The van der Waals surface area contributed by atoms with Crippen LogP contribution in [0.4, 0.5) is 15.3 Å². The van der Waals surface area contributed by atoms with Crippen molar-refractivity contribution in [1.29, 1.82) is 0 Å². The second-order valence-corrected chi connectivity index (χ2v) is 10.5. The third-order valence-corrected chi connectivity index (χ3v) is 7.80. The van der Waals surface area contributed by atoms with E-state index in [2.05, 4.69) is 9.97 Å². The number of anilines is 2. The van der Waals surface area contributed by atoms with Crippen LogP contribution >= 0.6 is 11.3 Å². The molecule has 0 radical (unpaired) electrons. The number of amides is 2. The third kappa shape index (κ3) is 5.76. The molecule has 8 nitrogen and oxygen atoms in total. The summed E-state index contributed by atoms with van der Waals surface area (Å²) in [6, 6.07) is 20.0. The lowest BCUT2D eigenvalue weighted by molar-refractivity contribution is -0.140. The highest BCUT2D eigenvalue weighted by molar-refractivity contribution is 7.14. The molecule has 1 saturated heterocycles. The summed E-state index contributed by atoms with van der Waals surface area (Å²) < 4.78 is 15.3. The van der Waals surface area contributed by atoms with E-state index in [9.17, 15) is 19.5 Å². The zero-order valence-corrected chi connectivity index (χ0v) is 22.6. The van der Waals surface area contributed by atoms with E-state index in [4.69, 9.17) is 0 Å². The Kier molecular flexibility index (Phi) is 7.97. The van der Waals surface area contributed by atoms with E-state index in [1.807, 2.05) is 48.5 Å².